The lowest BCUT2D eigenvalue weighted by Crippen LogP contribution is -2.45. The van der Waals surface area contributed by atoms with Gasteiger partial charge in [-0.25, -0.2) is 23.7 Å². The first kappa shape index (κ1) is 24.8. The molecule has 3 aromatic heterocycles. The second-order valence-electron chi connectivity index (χ2n) is 9.21. The molecule has 11 heteroatoms. The highest BCUT2D eigenvalue weighted by molar-refractivity contribution is 5.63. The molecule has 0 bridgehead atoms. The standard InChI is InChI=1S/C26H28F2N8O/c1-3-35-6-8-36(9-7-35)14-17-4-5-22(30-13-17)34-25-19(12-29)26(32-15-31-25)37-21-11-20(27)24-18(23(21)28)10-16(2)33-24/h4-5,10,13,15,21,33H,3,6-9,11,14H2,1-2H3,(H,30,31,32,34). The van der Waals surface area contributed by atoms with Gasteiger partial charge in [-0.1, -0.05) is 13.0 Å². The fourth-order valence-corrected chi connectivity index (χ4v) is 4.64. The van der Waals surface area contributed by atoms with E-state index in [2.05, 4.69) is 42.0 Å². The Balaban J connectivity index is 1.29. The number of H-pyrrole nitrogens is 1. The number of anilines is 2. The van der Waals surface area contributed by atoms with Crippen molar-refractivity contribution in [2.45, 2.75) is 32.9 Å². The molecule has 9 nitrogen and oxygen atoms in total. The predicted octanol–water partition coefficient (Wildman–Crippen LogP) is 2.27. The van der Waals surface area contributed by atoms with Gasteiger partial charge in [0.05, 0.1) is 5.35 Å². The van der Waals surface area contributed by atoms with Gasteiger partial charge in [-0.3, -0.25) is 4.90 Å². The van der Waals surface area contributed by atoms with Gasteiger partial charge >= 0.3 is 0 Å². The number of aromatic amines is 1. The minimum Gasteiger partial charge on any atom is -0.465 e. The van der Waals surface area contributed by atoms with Crippen molar-refractivity contribution in [3.05, 3.63) is 58.1 Å². The van der Waals surface area contributed by atoms with Crippen molar-refractivity contribution in [2.75, 3.05) is 38.0 Å². The van der Waals surface area contributed by atoms with Crippen molar-refractivity contribution < 1.29 is 13.5 Å². The number of halogens is 2. The number of likely N-dealkylation sites (N-methyl/N-ethyl adjacent to an activating group) is 1. The molecule has 3 aromatic rings. The molecule has 1 aliphatic carbocycles. The van der Waals surface area contributed by atoms with Crippen LogP contribution in [0.2, 0.25) is 0 Å². The number of aryl methyl sites for hydroxylation is 1. The van der Waals surface area contributed by atoms with E-state index in [1.54, 1.807) is 13.1 Å². The Labute approximate surface area is 213 Å². The van der Waals surface area contributed by atoms with E-state index in [4.69, 9.17) is 4.74 Å². The van der Waals surface area contributed by atoms with Crippen LogP contribution in [0.3, 0.4) is 0 Å². The fourth-order valence-electron chi connectivity index (χ4n) is 4.64. The topological polar surface area (TPSA) is 106 Å². The smallest absolute Gasteiger partial charge is 0.237 e. The highest BCUT2D eigenvalue weighted by Gasteiger charge is 2.28. The van der Waals surface area contributed by atoms with E-state index >= 15 is 4.39 Å². The average Bonchev–Trinajstić information content (AvgIpc) is 3.31. The highest BCUT2D eigenvalue weighted by Crippen LogP contribution is 2.28. The van der Waals surface area contributed by atoms with Gasteiger partial charge in [-0.2, -0.15) is 5.26 Å². The summed E-state index contributed by atoms with van der Waals surface area (Å²) in [5.74, 6) is -0.611. The Hall–Kier alpha value is -3.88. The molecule has 5 rings (SSSR count). The molecule has 1 saturated heterocycles. The van der Waals surface area contributed by atoms with E-state index < -0.39 is 17.8 Å². The molecular formula is C26H28F2N8O. The SMILES string of the molecule is CCN1CCN(Cc2ccc(Nc3ncnc(OC4CC(F)=c5[nH]c(C)cc5=C4F)c3C#N)nc2)CC1. The Morgan fingerprint density at radius 1 is 1.16 bits per heavy atom. The molecule has 1 atom stereocenters. The molecule has 2 N–H and O–H groups in total. The maximum absolute atomic E-state index is 15.1. The molecular weight excluding hydrogens is 478 g/mol. The summed E-state index contributed by atoms with van der Waals surface area (Å²) < 4.78 is 35.3. The normalized spacial score (nSPS) is 18.4. The number of nitriles is 1. The Morgan fingerprint density at radius 2 is 1.95 bits per heavy atom. The van der Waals surface area contributed by atoms with Gasteiger partial charge in [-0.15, -0.1) is 0 Å². The zero-order chi connectivity index (χ0) is 25.9. The molecule has 2 aliphatic rings. The molecule has 0 amide bonds. The monoisotopic (exact) mass is 506 g/mol. The fraction of sp³-hybridized carbons (Fsp3) is 0.385. The van der Waals surface area contributed by atoms with Gasteiger partial charge in [0, 0.05) is 56.3 Å². The van der Waals surface area contributed by atoms with Crippen LogP contribution in [0, 0.1) is 18.3 Å². The molecule has 0 radical (unpaired) electrons. The number of piperazine rings is 1. The molecule has 192 valence electrons. The van der Waals surface area contributed by atoms with Crippen LogP contribution in [0.1, 0.15) is 30.2 Å². The van der Waals surface area contributed by atoms with Crippen molar-refractivity contribution in [1.82, 2.24) is 29.7 Å². The largest absolute Gasteiger partial charge is 0.465 e. The molecule has 1 aliphatic heterocycles. The van der Waals surface area contributed by atoms with Gasteiger partial charge < -0.3 is 19.9 Å². The number of ether oxygens (including phenoxy) is 1. The van der Waals surface area contributed by atoms with Gasteiger partial charge in [0.2, 0.25) is 5.88 Å². The highest BCUT2D eigenvalue weighted by atomic mass is 19.1. The van der Waals surface area contributed by atoms with E-state index in [1.165, 1.54) is 12.4 Å². The number of fused-ring (bicyclic) bond motifs is 1. The van der Waals surface area contributed by atoms with Crippen molar-refractivity contribution >= 4 is 23.3 Å². The van der Waals surface area contributed by atoms with Crippen molar-refractivity contribution in [3.8, 4) is 11.9 Å². The Kier molecular flexibility index (Phi) is 7.12. The van der Waals surface area contributed by atoms with Gasteiger partial charge in [0.25, 0.3) is 0 Å². The van der Waals surface area contributed by atoms with Crippen LogP contribution in [0.5, 0.6) is 5.88 Å². The minimum atomic E-state index is -1.24. The summed E-state index contributed by atoms with van der Waals surface area (Å²) >= 11 is 0. The first-order valence-corrected chi connectivity index (χ1v) is 12.3. The molecule has 0 spiro atoms. The summed E-state index contributed by atoms with van der Waals surface area (Å²) in [6.45, 7) is 9.98. The third-order valence-electron chi connectivity index (χ3n) is 6.70. The second-order valence-corrected chi connectivity index (χ2v) is 9.21. The van der Waals surface area contributed by atoms with Gasteiger partial charge in [0.15, 0.2) is 23.3 Å². The first-order valence-electron chi connectivity index (χ1n) is 12.3. The van der Waals surface area contributed by atoms with Crippen LogP contribution in [-0.4, -0.2) is 68.6 Å². The summed E-state index contributed by atoms with van der Waals surface area (Å²) in [5, 5.41) is 13.0. The van der Waals surface area contributed by atoms with Crippen LogP contribution in [0.25, 0.3) is 11.7 Å². The number of rotatable bonds is 7. The molecule has 37 heavy (non-hydrogen) atoms. The lowest BCUT2D eigenvalue weighted by Gasteiger charge is -2.33. The number of nitrogens with zero attached hydrogens (tertiary/aromatic N) is 6. The van der Waals surface area contributed by atoms with Crippen molar-refractivity contribution in [3.63, 3.8) is 0 Å². The zero-order valence-corrected chi connectivity index (χ0v) is 20.8. The lowest BCUT2D eigenvalue weighted by molar-refractivity contribution is 0.132. The first-order chi connectivity index (χ1) is 17.9. The maximum atomic E-state index is 15.1. The zero-order valence-electron chi connectivity index (χ0n) is 20.8. The molecule has 1 unspecified atom stereocenters. The Morgan fingerprint density at radius 3 is 2.65 bits per heavy atom. The summed E-state index contributed by atoms with van der Waals surface area (Å²) in [6.07, 6.45) is 1.44. The van der Waals surface area contributed by atoms with E-state index in [9.17, 15) is 9.65 Å². The van der Waals surface area contributed by atoms with Gasteiger partial charge in [-0.05, 0) is 31.2 Å². The molecule has 0 aromatic carbocycles. The second kappa shape index (κ2) is 10.6. The third kappa shape index (κ3) is 5.30. The summed E-state index contributed by atoms with van der Waals surface area (Å²) in [7, 11) is 0. The lowest BCUT2D eigenvalue weighted by atomic mass is 10.1. The molecule has 4 heterocycles. The average molecular weight is 507 g/mol. The maximum Gasteiger partial charge on any atom is 0.237 e. The molecule has 0 saturated carbocycles. The number of hydrogen-bond acceptors (Lipinski definition) is 8. The van der Waals surface area contributed by atoms with Crippen molar-refractivity contribution in [1.29, 1.82) is 5.26 Å². The van der Waals surface area contributed by atoms with Gasteiger partial charge in [0.1, 0.15) is 24.0 Å². The number of nitrogens with one attached hydrogen (secondary N) is 2. The summed E-state index contributed by atoms with van der Waals surface area (Å²) in [4.78, 5) is 20.3. The molecule has 1 fully saturated rings. The quantitative estimate of drug-likeness (QED) is 0.503. The van der Waals surface area contributed by atoms with E-state index in [0.717, 1.165) is 44.8 Å². The minimum absolute atomic E-state index is 0.0218. The summed E-state index contributed by atoms with van der Waals surface area (Å²) in [5.41, 5.74) is 1.70. The van der Waals surface area contributed by atoms with E-state index in [1.807, 2.05) is 18.2 Å². The van der Waals surface area contributed by atoms with Crippen LogP contribution in [0.4, 0.5) is 20.4 Å². The van der Waals surface area contributed by atoms with Crippen molar-refractivity contribution in [2.24, 2.45) is 0 Å². The van der Waals surface area contributed by atoms with Crippen LogP contribution in [0.15, 0.2) is 30.7 Å². The predicted molar refractivity (Wildman–Crippen MR) is 135 cm³/mol. The number of aromatic nitrogens is 4. The van der Waals surface area contributed by atoms with Crippen LogP contribution in [-0.2, 0) is 6.54 Å². The van der Waals surface area contributed by atoms with E-state index in [-0.39, 0.29) is 34.2 Å². The third-order valence-corrected chi connectivity index (χ3v) is 6.70. The van der Waals surface area contributed by atoms with E-state index in [0.29, 0.717) is 11.5 Å². The van der Waals surface area contributed by atoms with Crippen LogP contribution < -0.4 is 20.6 Å². The number of pyridine rings is 1. The number of hydrogen-bond donors (Lipinski definition) is 2. The Bertz CT molecular complexity index is 1440. The summed E-state index contributed by atoms with van der Waals surface area (Å²) in [6, 6.07) is 7.33. The van der Waals surface area contributed by atoms with Crippen LogP contribution >= 0.6 is 0 Å².